The molecule has 0 aliphatic carbocycles. The van der Waals surface area contributed by atoms with E-state index < -0.39 is 11.7 Å². The number of hydrogen-bond acceptors (Lipinski definition) is 7. The van der Waals surface area contributed by atoms with Crippen molar-refractivity contribution >= 4 is 11.0 Å². The van der Waals surface area contributed by atoms with Gasteiger partial charge in [0, 0.05) is 24.2 Å². The highest BCUT2D eigenvalue weighted by Crippen LogP contribution is 2.32. The number of hydrogen-bond donors (Lipinski definition) is 3. The summed E-state index contributed by atoms with van der Waals surface area (Å²) in [5.74, 6) is 0.603. The standard InChI is InChI=1S/C32H32N4O5/c1-32(2,38)14-19-15-33-36(16-19)23-9-7-21(8-10-23)20-3-5-22(6-4-20)24-11-12-25-26(34-24)13-29(35-25)41-28-18-40-30-27(37)17-39-31(28)30/h3-13,15-16,27-28,30-31,35,37-38H,14,17-18H2,1-2H3/t27-,28-,30?,31-/m1/s1. The van der Waals surface area contributed by atoms with Crippen LogP contribution in [0.15, 0.2) is 79.1 Å². The van der Waals surface area contributed by atoms with Crippen LogP contribution >= 0.6 is 0 Å². The van der Waals surface area contributed by atoms with Crippen LogP contribution in [-0.2, 0) is 15.9 Å². The average molecular weight is 553 g/mol. The lowest BCUT2D eigenvalue weighted by molar-refractivity contribution is 0.00794. The number of ether oxygens (including phenoxy) is 3. The van der Waals surface area contributed by atoms with Crippen LogP contribution in [0.5, 0.6) is 5.88 Å². The fraction of sp³-hybridized carbons (Fsp3) is 0.312. The first kappa shape index (κ1) is 25.9. The topological polar surface area (TPSA) is 115 Å². The van der Waals surface area contributed by atoms with Crippen molar-refractivity contribution in [3.05, 3.63) is 84.7 Å². The van der Waals surface area contributed by atoms with E-state index in [9.17, 15) is 10.2 Å². The molecule has 0 saturated carbocycles. The van der Waals surface area contributed by atoms with E-state index >= 15 is 0 Å². The number of nitrogens with one attached hydrogen (secondary N) is 1. The number of nitrogens with zero attached hydrogens (tertiary/aromatic N) is 3. The number of rotatable bonds is 7. The van der Waals surface area contributed by atoms with Crippen molar-refractivity contribution in [3.8, 4) is 34.0 Å². The smallest absolute Gasteiger partial charge is 0.193 e. The number of H-pyrrole nitrogens is 1. The Bertz CT molecular complexity index is 1670. The van der Waals surface area contributed by atoms with Crippen LogP contribution in [0, 0.1) is 0 Å². The lowest BCUT2D eigenvalue weighted by atomic mass is 10.0. The zero-order valence-corrected chi connectivity index (χ0v) is 22.9. The third kappa shape index (κ3) is 5.25. The van der Waals surface area contributed by atoms with Crippen LogP contribution in [-0.4, -0.2) is 73.2 Å². The molecule has 5 aromatic rings. The second-order valence-electron chi connectivity index (χ2n) is 11.5. The van der Waals surface area contributed by atoms with Crippen molar-refractivity contribution in [1.29, 1.82) is 0 Å². The third-order valence-corrected chi connectivity index (χ3v) is 7.63. The summed E-state index contributed by atoms with van der Waals surface area (Å²) in [4.78, 5) is 8.13. The molecule has 7 rings (SSSR count). The summed E-state index contributed by atoms with van der Waals surface area (Å²) in [6, 6.07) is 22.5. The molecule has 4 atom stereocenters. The van der Waals surface area contributed by atoms with E-state index in [1.54, 1.807) is 20.0 Å². The van der Waals surface area contributed by atoms with Crippen LogP contribution in [0.3, 0.4) is 0 Å². The van der Waals surface area contributed by atoms with Crippen molar-refractivity contribution in [3.63, 3.8) is 0 Å². The van der Waals surface area contributed by atoms with E-state index in [4.69, 9.17) is 19.2 Å². The first-order valence-electron chi connectivity index (χ1n) is 13.8. The average Bonchev–Trinajstić information content (AvgIpc) is 3.74. The van der Waals surface area contributed by atoms with Gasteiger partial charge >= 0.3 is 0 Å². The molecule has 0 spiro atoms. The van der Waals surface area contributed by atoms with Gasteiger partial charge in [0.1, 0.15) is 18.3 Å². The Hall–Kier alpha value is -4.02. The Morgan fingerprint density at radius 3 is 2.41 bits per heavy atom. The molecule has 5 heterocycles. The number of benzene rings is 2. The first-order valence-corrected chi connectivity index (χ1v) is 13.8. The highest BCUT2D eigenvalue weighted by Gasteiger charge is 2.48. The monoisotopic (exact) mass is 552 g/mol. The normalized spacial score (nSPS) is 22.3. The molecule has 0 bridgehead atoms. The quantitative estimate of drug-likeness (QED) is 0.276. The maximum atomic E-state index is 10.1. The molecule has 3 N–H and O–H groups in total. The van der Waals surface area contributed by atoms with E-state index in [0.29, 0.717) is 18.9 Å². The maximum absolute atomic E-state index is 10.1. The van der Waals surface area contributed by atoms with Gasteiger partial charge in [0.25, 0.3) is 0 Å². The molecular weight excluding hydrogens is 520 g/mol. The number of aliphatic hydroxyl groups is 2. The van der Waals surface area contributed by atoms with Crippen molar-refractivity contribution < 1.29 is 24.4 Å². The Morgan fingerprint density at radius 2 is 1.66 bits per heavy atom. The first-order chi connectivity index (χ1) is 19.8. The highest BCUT2D eigenvalue weighted by atomic mass is 16.6. The number of aliphatic hydroxyl groups excluding tert-OH is 1. The maximum Gasteiger partial charge on any atom is 0.193 e. The Kier molecular flexibility index (Phi) is 6.39. The molecule has 0 amide bonds. The second-order valence-corrected chi connectivity index (χ2v) is 11.5. The number of fused-ring (bicyclic) bond motifs is 2. The van der Waals surface area contributed by atoms with Crippen molar-refractivity contribution in [1.82, 2.24) is 19.7 Å². The summed E-state index contributed by atoms with van der Waals surface area (Å²) in [6.07, 6.45) is 2.83. The molecule has 2 saturated heterocycles. The van der Waals surface area contributed by atoms with Gasteiger partial charge in [-0.05, 0) is 54.8 Å². The SMILES string of the molecule is CC(C)(O)Cc1cnn(-c2ccc(-c3ccc(-c4ccc5[nH]c(O[C@@H]6COC7[C@H](O)CO[C@@H]76)cc5n4)cc3)cc2)c1. The van der Waals surface area contributed by atoms with E-state index in [0.717, 1.165) is 44.7 Å². The molecule has 9 nitrogen and oxygen atoms in total. The van der Waals surface area contributed by atoms with Gasteiger partial charge in [-0.1, -0.05) is 36.4 Å². The molecular formula is C32H32N4O5. The fourth-order valence-corrected chi connectivity index (χ4v) is 5.65. The Labute approximate surface area is 237 Å². The molecule has 41 heavy (non-hydrogen) atoms. The molecule has 0 radical (unpaired) electrons. The minimum atomic E-state index is -0.768. The number of aromatic nitrogens is 4. The summed E-state index contributed by atoms with van der Waals surface area (Å²) in [5.41, 5.74) is 6.99. The van der Waals surface area contributed by atoms with Crippen LogP contribution in [0.4, 0.5) is 0 Å². The van der Waals surface area contributed by atoms with Gasteiger partial charge < -0.3 is 29.4 Å². The van der Waals surface area contributed by atoms with Crippen LogP contribution in [0.1, 0.15) is 19.4 Å². The van der Waals surface area contributed by atoms with Crippen LogP contribution in [0.25, 0.3) is 39.1 Å². The number of aromatic amines is 1. The van der Waals surface area contributed by atoms with E-state index in [1.807, 2.05) is 41.2 Å². The van der Waals surface area contributed by atoms with Gasteiger partial charge in [0.05, 0.1) is 47.4 Å². The molecule has 2 aliphatic rings. The third-order valence-electron chi connectivity index (χ3n) is 7.63. The zero-order chi connectivity index (χ0) is 28.1. The van der Waals surface area contributed by atoms with Crippen LogP contribution in [0.2, 0.25) is 0 Å². The Morgan fingerprint density at radius 1 is 0.951 bits per heavy atom. The highest BCUT2D eigenvalue weighted by molar-refractivity contribution is 5.81. The molecule has 210 valence electrons. The molecule has 2 aliphatic heterocycles. The predicted molar refractivity (Wildman–Crippen MR) is 154 cm³/mol. The molecule has 2 fully saturated rings. The van der Waals surface area contributed by atoms with Gasteiger partial charge in [0.2, 0.25) is 0 Å². The Balaban J connectivity index is 1.04. The molecule has 1 unspecified atom stereocenters. The van der Waals surface area contributed by atoms with E-state index in [2.05, 4.69) is 46.5 Å². The predicted octanol–water partition coefficient (Wildman–Crippen LogP) is 4.30. The minimum Gasteiger partial charge on any atom is -0.470 e. The van der Waals surface area contributed by atoms with E-state index in [-0.39, 0.29) is 24.9 Å². The molecule has 9 heteroatoms. The van der Waals surface area contributed by atoms with Crippen molar-refractivity contribution in [2.75, 3.05) is 13.2 Å². The van der Waals surface area contributed by atoms with Gasteiger partial charge in [-0.25, -0.2) is 9.67 Å². The summed E-state index contributed by atoms with van der Waals surface area (Å²) in [6.45, 7) is 4.24. The second kappa shape index (κ2) is 10.1. The largest absolute Gasteiger partial charge is 0.470 e. The summed E-state index contributed by atoms with van der Waals surface area (Å²) in [5, 5.41) is 24.5. The summed E-state index contributed by atoms with van der Waals surface area (Å²) in [7, 11) is 0. The zero-order valence-electron chi connectivity index (χ0n) is 22.9. The van der Waals surface area contributed by atoms with Crippen LogP contribution < -0.4 is 4.74 Å². The fourth-order valence-electron chi connectivity index (χ4n) is 5.65. The molecule has 2 aromatic carbocycles. The van der Waals surface area contributed by atoms with Gasteiger partial charge in [-0.3, -0.25) is 0 Å². The van der Waals surface area contributed by atoms with Gasteiger partial charge in [-0.2, -0.15) is 5.10 Å². The number of pyridine rings is 1. The summed E-state index contributed by atoms with van der Waals surface area (Å²) < 4.78 is 19.3. The lowest BCUT2D eigenvalue weighted by Crippen LogP contribution is -2.34. The van der Waals surface area contributed by atoms with Crippen molar-refractivity contribution in [2.24, 2.45) is 0 Å². The van der Waals surface area contributed by atoms with Gasteiger partial charge in [0.15, 0.2) is 12.0 Å². The van der Waals surface area contributed by atoms with Crippen molar-refractivity contribution in [2.45, 2.75) is 50.3 Å². The lowest BCUT2D eigenvalue weighted by Gasteiger charge is -2.16. The van der Waals surface area contributed by atoms with Gasteiger partial charge in [-0.15, -0.1) is 0 Å². The summed E-state index contributed by atoms with van der Waals surface area (Å²) >= 11 is 0. The minimum absolute atomic E-state index is 0.266. The molecule has 3 aromatic heterocycles. The van der Waals surface area contributed by atoms with E-state index in [1.165, 1.54) is 0 Å².